The van der Waals surface area contributed by atoms with E-state index in [0.717, 1.165) is 0 Å². The van der Waals surface area contributed by atoms with E-state index in [-0.39, 0.29) is 18.1 Å². The Kier molecular flexibility index (Phi) is 4.59. The van der Waals surface area contributed by atoms with Gasteiger partial charge in [-0.2, -0.15) is 0 Å². The Hall–Kier alpha value is -2.17. The van der Waals surface area contributed by atoms with Crippen molar-refractivity contribution in [2.24, 2.45) is 0 Å². The Balaban J connectivity index is 3.03. The molecule has 0 aliphatic carbocycles. The monoisotopic (exact) mass is 249 g/mol. The molecule has 0 radical (unpaired) electrons. The van der Waals surface area contributed by atoms with Crippen LogP contribution >= 0.6 is 0 Å². The molecule has 0 atom stereocenters. The zero-order valence-corrected chi connectivity index (χ0v) is 10.6. The first kappa shape index (κ1) is 13.9. The predicted molar refractivity (Wildman–Crippen MR) is 66.4 cm³/mol. The van der Waals surface area contributed by atoms with E-state index in [1.54, 1.807) is 26.0 Å². The molecule has 0 saturated carbocycles. The first-order valence-corrected chi connectivity index (χ1v) is 5.55. The van der Waals surface area contributed by atoms with Crippen molar-refractivity contribution in [3.05, 3.63) is 29.3 Å². The van der Waals surface area contributed by atoms with Gasteiger partial charge in [-0.3, -0.25) is 9.59 Å². The number of esters is 1. The number of Topliss-reactive ketones (excluding diaryl/α,β-unsaturated/α-hetero) is 1. The predicted octanol–water partition coefficient (Wildman–Crippen LogP) is 1.70. The molecule has 0 spiro atoms. The summed E-state index contributed by atoms with van der Waals surface area (Å²) in [5.41, 5.74) is 1.36. The van der Waals surface area contributed by atoms with Gasteiger partial charge in [-0.1, -0.05) is 6.07 Å². The Bertz CT molecular complexity index is 494. The first-order valence-electron chi connectivity index (χ1n) is 5.55. The molecular formula is C13H15NO4. The zero-order valence-electron chi connectivity index (χ0n) is 10.6. The van der Waals surface area contributed by atoms with Crippen LogP contribution in [-0.2, 0) is 14.3 Å². The molecule has 96 valence electrons. The van der Waals surface area contributed by atoms with Gasteiger partial charge in [-0.15, -0.1) is 0 Å². The van der Waals surface area contributed by atoms with Crippen LogP contribution in [0.15, 0.2) is 18.2 Å². The lowest BCUT2D eigenvalue weighted by Crippen LogP contribution is -2.19. The summed E-state index contributed by atoms with van der Waals surface area (Å²) in [5.74, 6) is -1.84. The fourth-order valence-corrected chi connectivity index (χ4v) is 1.45. The van der Waals surface area contributed by atoms with Crippen LogP contribution < -0.4 is 5.32 Å². The number of rotatable bonds is 4. The van der Waals surface area contributed by atoms with Crippen molar-refractivity contribution in [3.63, 3.8) is 0 Å². The van der Waals surface area contributed by atoms with Crippen molar-refractivity contribution in [3.8, 4) is 0 Å². The summed E-state index contributed by atoms with van der Waals surface area (Å²) < 4.78 is 4.66. The van der Waals surface area contributed by atoms with Crippen molar-refractivity contribution in [1.82, 2.24) is 0 Å². The van der Waals surface area contributed by atoms with Crippen molar-refractivity contribution in [2.75, 3.05) is 11.9 Å². The Morgan fingerprint density at radius 3 is 2.50 bits per heavy atom. The number of carbonyl (C=O) groups excluding carboxylic acids is 3. The van der Waals surface area contributed by atoms with E-state index >= 15 is 0 Å². The summed E-state index contributed by atoms with van der Waals surface area (Å²) in [6.45, 7) is 4.86. The lowest BCUT2D eigenvalue weighted by atomic mass is 10.0. The Morgan fingerprint density at radius 2 is 1.94 bits per heavy atom. The standard InChI is InChI=1S/C13H15NO4/c1-4-18-13(17)12(16)11-7-10(14-9(3)15)6-5-8(11)2/h5-7H,4H2,1-3H3,(H,14,15). The van der Waals surface area contributed by atoms with Crippen LogP contribution in [0.4, 0.5) is 5.69 Å². The van der Waals surface area contributed by atoms with Crippen LogP contribution in [0.25, 0.3) is 0 Å². The molecule has 1 amide bonds. The minimum atomic E-state index is -0.888. The molecule has 0 aliphatic heterocycles. The fourth-order valence-electron chi connectivity index (χ4n) is 1.45. The molecular weight excluding hydrogens is 234 g/mol. The van der Waals surface area contributed by atoms with Crippen LogP contribution in [0.5, 0.6) is 0 Å². The number of amides is 1. The summed E-state index contributed by atoms with van der Waals surface area (Å²) in [6.07, 6.45) is 0. The van der Waals surface area contributed by atoms with E-state index in [9.17, 15) is 14.4 Å². The third-order valence-electron chi connectivity index (χ3n) is 2.26. The third-order valence-corrected chi connectivity index (χ3v) is 2.26. The largest absolute Gasteiger partial charge is 0.460 e. The molecule has 1 aromatic carbocycles. The maximum absolute atomic E-state index is 11.8. The van der Waals surface area contributed by atoms with E-state index < -0.39 is 11.8 Å². The quantitative estimate of drug-likeness (QED) is 0.501. The highest BCUT2D eigenvalue weighted by molar-refractivity contribution is 6.41. The van der Waals surface area contributed by atoms with Gasteiger partial charge in [-0.05, 0) is 31.5 Å². The van der Waals surface area contributed by atoms with E-state index in [1.807, 2.05) is 0 Å². The zero-order chi connectivity index (χ0) is 13.7. The summed E-state index contributed by atoms with van der Waals surface area (Å²) in [7, 11) is 0. The smallest absolute Gasteiger partial charge is 0.379 e. The van der Waals surface area contributed by atoms with Gasteiger partial charge in [-0.25, -0.2) is 4.79 Å². The van der Waals surface area contributed by atoms with Gasteiger partial charge < -0.3 is 10.1 Å². The molecule has 1 rings (SSSR count). The average Bonchev–Trinajstić information content (AvgIpc) is 2.30. The number of hydrogen-bond donors (Lipinski definition) is 1. The number of ether oxygens (including phenoxy) is 1. The molecule has 0 heterocycles. The van der Waals surface area contributed by atoms with Crippen molar-refractivity contribution in [2.45, 2.75) is 20.8 Å². The Labute approximate surface area is 105 Å². The highest BCUT2D eigenvalue weighted by atomic mass is 16.5. The maximum atomic E-state index is 11.8. The van der Waals surface area contributed by atoms with Crippen molar-refractivity contribution >= 4 is 23.3 Å². The SMILES string of the molecule is CCOC(=O)C(=O)c1cc(NC(C)=O)ccc1C. The fraction of sp³-hybridized carbons (Fsp3) is 0.308. The van der Waals surface area contributed by atoms with Gasteiger partial charge in [0.2, 0.25) is 5.91 Å². The van der Waals surface area contributed by atoms with E-state index in [1.165, 1.54) is 13.0 Å². The molecule has 18 heavy (non-hydrogen) atoms. The van der Waals surface area contributed by atoms with Gasteiger partial charge >= 0.3 is 5.97 Å². The maximum Gasteiger partial charge on any atom is 0.379 e. The van der Waals surface area contributed by atoms with Crippen LogP contribution in [0, 0.1) is 6.92 Å². The first-order chi connectivity index (χ1) is 8.45. The summed E-state index contributed by atoms with van der Waals surface area (Å²) >= 11 is 0. The molecule has 0 bridgehead atoms. The van der Waals surface area contributed by atoms with Gasteiger partial charge in [0.1, 0.15) is 0 Å². The normalized spacial score (nSPS) is 9.72. The number of benzene rings is 1. The highest BCUT2D eigenvalue weighted by Gasteiger charge is 2.19. The second-order valence-corrected chi connectivity index (χ2v) is 3.76. The van der Waals surface area contributed by atoms with Crippen LogP contribution in [-0.4, -0.2) is 24.3 Å². The lowest BCUT2D eigenvalue weighted by molar-refractivity contribution is -0.137. The second-order valence-electron chi connectivity index (χ2n) is 3.76. The van der Waals surface area contributed by atoms with Crippen LogP contribution in [0.2, 0.25) is 0 Å². The Morgan fingerprint density at radius 1 is 1.28 bits per heavy atom. The minimum Gasteiger partial charge on any atom is -0.460 e. The minimum absolute atomic E-state index is 0.148. The second kappa shape index (κ2) is 5.95. The summed E-state index contributed by atoms with van der Waals surface area (Å²) in [6, 6.07) is 4.80. The van der Waals surface area contributed by atoms with E-state index in [0.29, 0.717) is 11.3 Å². The number of aryl methyl sites for hydroxylation is 1. The number of nitrogens with one attached hydrogen (secondary N) is 1. The molecule has 0 saturated heterocycles. The van der Waals surface area contributed by atoms with E-state index in [2.05, 4.69) is 10.1 Å². The summed E-state index contributed by atoms with van der Waals surface area (Å²) in [5, 5.41) is 2.55. The van der Waals surface area contributed by atoms with Gasteiger partial charge in [0, 0.05) is 18.2 Å². The topological polar surface area (TPSA) is 72.5 Å². The van der Waals surface area contributed by atoms with Gasteiger partial charge in [0.05, 0.1) is 6.61 Å². The number of carbonyl (C=O) groups is 3. The van der Waals surface area contributed by atoms with Gasteiger partial charge in [0.25, 0.3) is 5.78 Å². The molecule has 0 unspecified atom stereocenters. The molecule has 5 nitrogen and oxygen atoms in total. The van der Waals surface area contributed by atoms with Gasteiger partial charge in [0.15, 0.2) is 0 Å². The number of hydrogen-bond acceptors (Lipinski definition) is 4. The lowest BCUT2D eigenvalue weighted by Gasteiger charge is -2.08. The molecule has 5 heteroatoms. The van der Waals surface area contributed by atoms with E-state index in [4.69, 9.17) is 0 Å². The van der Waals surface area contributed by atoms with Crippen LogP contribution in [0.1, 0.15) is 29.8 Å². The van der Waals surface area contributed by atoms with Crippen LogP contribution in [0.3, 0.4) is 0 Å². The molecule has 0 aliphatic rings. The molecule has 0 fully saturated rings. The molecule has 1 N–H and O–H groups in total. The molecule has 0 aromatic heterocycles. The number of anilines is 1. The average molecular weight is 249 g/mol. The number of ketones is 1. The molecule has 1 aromatic rings. The summed E-state index contributed by atoms with van der Waals surface area (Å²) in [4.78, 5) is 34.1. The third kappa shape index (κ3) is 3.41. The highest BCUT2D eigenvalue weighted by Crippen LogP contribution is 2.16. The van der Waals surface area contributed by atoms with Crippen molar-refractivity contribution < 1.29 is 19.1 Å². The van der Waals surface area contributed by atoms with Crippen molar-refractivity contribution in [1.29, 1.82) is 0 Å².